The summed E-state index contributed by atoms with van der Waals surface area (Å²) in [6.45, 7) is 0.415. The Hall–Kier alpha value is -3.42. The molecule has 0 bridgehead atoms. The number of unbranched alkanes of at least 4 members (excludes halogenated alkanes) is 1. The van der Waals surface area contributed by atoms with E-state index in [9.17, 15) is 9.59 Å². The molecule has 0 saturated heterocycles. The maximum atomic E-state index is 12.2. The van der Waals surface area contributed by atoms with Gasteiger partial charge in [-0.25, -0.2) is 9.36 Å². The zero-order chi connectivity index (χ0) is 19.3. The van der Waals surface area contributed by atoms with Crippen LogP contribution in [0.3, 0.4) is 0 Å². The Balaban J connectivity index is 1.22. The molecule has 0 aliphatic rings. The van der Waals surface area contributed by atoms with Gasteiger partial charge in [0.15, 0.2) is 11.6 Å². The zero-order valence-corrected chi connectivity index (χ0v) is 15.4. The van der Waals surface area contributed by atoms with Gasteiger partial charge in [-0.05, 0) is 37.1 Å². The van der Waals surface area contributed by atoms with Crippen LogP contribution in [-0.4, -0.2) is 41.6 Å². The summed E-state index contributed by atoms with van der Waals surface area (Å²) in [6.07, 6.45) is 2.20. The lowest BCUT2D eigenvalue weighted by atomic mass is 10.1. The monoisotopic (exact) mass is 376 g/mol. The number of aromatic nitrogens is 6. The number of nitrogens with zero attached hydrogens (tertiary/aromatic N) is 6. The van der Waals surface area contributed by atoms with Gasteiger partial charge in [0, 0.05) is 12.8 Å². The number of para-hydroxylation sites is 2. The van der Waals surface area contributed by atoms with Crippen LogP contribution in [0.25, 0.3) is 22.1 Å². The van der Waals surface area contributed by atoms with Gasteiger partial charge in [0.2, 0.25) is 0 Å². The van der Waals surface area contributed by atoms with E-state index in [0.29, 0.717) is 25.7 Å². The highest BCUT2D eigenvalue weighted by molar-refractivity contribution is 5.82. The van der Waals surface area contributed by atoms with Crippen molar-refractivity contribution in [1.29, 1.82) is 0 Å². The minimum atomic E-state index is 0.0883. The molecule has 0 amide bonds. The smallest absolute Gasteiger partial charge is 0.154 e. The first-order valence-electron chi connectivity index (χ1n) is 9.30. The highest BCUT2D eigenvalue weighted by Crippen LogP contribution is 2.12. The molecule has 0 aliphatic carbocycles. The average molecular weight is 376 g/mol. The van der Waals surface area contributed by atoms with Gasteiger partial charge in [-0.15, -0.1) is 10.2 Å². The van der Waals surface area contributed by atoms with E-state index in [1.54, 1.807) is 9.36 Å². The molecular weight excluding hydrogens is 356 g/mol. The second-order valence-corrected chi connectivity index (χ2v) is 6.76. The molecule has 0 atom stereocenters. The highest BCUT2D eigenvalue weighted by Gasteiger charge is 2.11. The predicted octanol–water partition coefficient (Wildman–Crippen LogP) is 2.57. The van der Waals surface area contributed by atoms with Gasteiger partial charge in [-0.3, -0.25) is 9.59 Å². The normalized spacial score (nSPS) is 11.3. The van der Waals surface area contributed by atoms with Crippen molar-refractivity contribution < 1.29 is 9.59 Å². The number of hydrogen-bond donors (Lipinski definition) is 0. The second-order valence-electron chi connectivity index (χ2n) is 6.76. The Morgan fingerprint density at radius 2 is 1.11 bits per heavy atom. The summed E-state index contributed by atoms with van der Waals surface area (Å²) in [5, 5.41) is 16.2. The maximum absolute atomic E-state index is 12.2. The summed E-state index contributed by atoms with van der Waals surface area (Å²) in [7, 11) is 0. The number of fused-ring (bicyclic) bond motifs is 2. The number of rotatable bonds is 9. The number of benzene rings is 2. The van der Waals surface area contributed by atoms with Crippen molar-refractivity contribution in [2.24, 2.45) is 0 Å². The number of Topliss-reactive ketones (excluding diaryl/α,β-unsaturated/α-hetero) is 2. The van der Waals surface area contributed by atoms with E-state index < -0.39 is 0 Å². The van der Waals surface area contributed by atoms with E-state index in [-0.39, 0.29) is 24.7 Å². The summed E-state index contributed by atoms with van der Waals surface area (Å²) in [5.41, 5.74) is 3.26. The molecule has 0 fully saturated rings. The lowest BCUT2D eigenvalue weighted by Gasteiger charge is -2.04. The fraction of sp³-hybridized carbons (Fsp3) is 0.300. The summed E-state index contributed by atoms with van der Waals surface area (Å²) >= 11 is 0. The summed E-state index contributed by atoms with van der Waals surface area (Å²) < 4.78 is 3.25. The molecule has 0 saturated carbocycles. The molecular formula is C20H20N6O2. The molecule has 2 heterocycles. The van der Waals surface area contributed by atoms with Gasteiger partial charge in [0.05, 0.1) is 11.0 Å². The fourth-order valence-electron chi connectivity index (χ4n) is 3.20. The number of ketones is 2. The van der Waals surface area contributed by atoms with Crippen LogP contribution in [0.4, 0.5) is 0 Å². The van der Waals surface area contributed by atoms with Crippen molar-refractivity contribution in [2.75, 3.05) is 0 Å². The lowest BCUT2D eigenvalue weighted by Crippen LogP contribution is -2.13. The van der Waals surface area contributed by atoms with Gasteiger partial charge in [0.1, 0.15) is 24.1 Å². The van der Waals surface area contributed by atoms with Crippen LogP contribution in [0, 0.1) is 0 Å². The van der Waals surface area contributed by atoms with Crippen LogP contribution in [0.5, 0.6) is 0 Å². The Labute approximate surface area is 161 Å². The molecule has 2 aromatic carbocycles. The molecule has 4 rings (SSSR count). The third kappa shape index (κ3) is 3.95. The van der Waals surface area contributed by atoms with E-state index >= 15 is 0 Å². The third-order valence-electron chi connectivity index (χ3n) is 4.65. The maximum Gasteiger partial charge on any atom is 0.154 e. The third-order valence-corrected chi connectivity index (χ3v) is 4.65. The van der Waals surface area contributed by atoms with E-state index in [1.807, 2.05) is 48.5 Å². The minimum Gasteiger partial charge on any atom is -0.298 e. The van der Waals surface area contributed by atoms with E-state index in [4.69, 9.17) is 0 Å². The first kappa shape index (κ1) is 18.0. The molecule has 142 valence electrons. The lowest BCUT2D eigenvalue weighted by molar-refractivity contribution is -0.121. The average Bonchev–Trinajstić information content (AvgIpc) is 3.30. The van der Waals surface area contributed by atoms with Crippen LogP contribution >= 0.6 is 0 Å². The van der Waals surface area contributed by atoms with E-state index in [2.05, 4.69) is 20.6 Å². The molecule has 8 nitrogen and oxygen atoms in total. The number of carbonyl (C=O) groups is 2. The molecule has 28 heavy (non-hydrogen) atoms. The molecule has 0 aliphatic heterocycles. The van der Waals surface area contributed by atoms with Gasteiger partial charge < -0.3 is 0 Å². The SMILES string of the molecule is O=C(CCCCC(=O)Cn1nnc2ccccc21)Cn1nnc2ccccc21. The molecule has 4 aromatic rings. The Morgan fingerprint density at radius 1 is 0.679 bits per heavy atom. The Kier molecular flexibility index (Phi) is 5.18. The van der Waals surface area contributed by atoms with Crippen LogP contribution in [0.1, 0.15) is 25.7 Å². The van der Waals surface area contributed by atoms with Gasteiger partial charge in [0.25, 0.3) is 0 Å². The minimum absolute atomic E-state index is 0.0883. The first-order chi connectivity index (χ1) is 13.7. The van der Waals surface area contributed by atoms with Crippen LogP contribution in [0.15, 0.2) is 48.5 Å². The number of carbonyl (C=O) groups excluding carboxylic acids is 2. The van der Waals surface area contributed by atoms with Crippen LogP contribution < -0.4 is 0 Å². The van der Waals surface area contributed by atoms with Crippen LogP contribution in [-0.2, 0) is 22.7 Å². The molecule has 2 aromatic heterocycles. The van der Waals surface area contributed by atoms with Crippen molar-refractivity contribution in [3.63, 3.8) is 0 Å². The molecule has 0 radical (unpaired) electrons. The van der Waals surface area contributed by atoms with Gasteiger partial charge in [-0.2, -0.15) is 0 Å². The number of hydrogen-bond acceptors (Lipinski definition) is 6. The van der Waals surface area contributed by atoms with Crippen molar-refractivity contribution in [3.8, 4) is 0 Å². The Morgan fingerprint density at radius 3 is 1.57 bits per heavy atom. The van der Waals surface area contributed by atoms with E-state index in [1.165, 1.54) is 0 Å². The molecule has 8 heteroatoms. The molecule has 0 unspecified atom stereocenters. The topological polar surface area (TPSA) is 95.6 Å². The van der Waals surface area contributed by atoms with Crippen molar-refractivity contribution in [2.45, 2.75) is 38.8 Å². The Bertz CT molecular complexity index is 1040. The highest BCUT2D eigenvalue weighted by atomic mass is 16.1. The standard InChI is InChI=1S/C20H20N6O2/c27-15(13-25-19-11-5-3-9-17(19)21-23-25)7-1-2-8-16(28)14-26-20-12-6-4-10-18(20)22-24-26/h3-6,9-12H,1-2,7-8,13-14H2. The summed E-state index contributed by atoms with van der Waals surface area (Å²) in [5.74, 6) is 0.177. The van der Waals surface area contributed by atoms with Gasteiger partial charge in [-0.1, -0.05) is 34.7 Å². The fourth-order valence-corrected chi connectivity index (χ4v) is 3.20. The summed E-state index contributed by atoms with van der Waals surface area (Å²) in [4.78, 5) is 24.4. The summed E-state index contributed by atoms with van der Waals surface area (Å²) in [6, 6.07) is 15.1. The van der Waals surface area contributed by atoms with Crippen molar-refractivity contribution in [1.82, 2.24) is 30.0 Å². The molecule has 0 spiro atoms. The predicted molar refractivity (Wildman–Crippen MR) is 104 cm³/mol. The second kappa shape index (κ2) is 8.08. The van der Waals surface area contributed by atoms with Crippen molar-refractivity contribution >= 4 is 33.6 Å². The largest absolute Gasteiger partial charge is 0.298 e. The quantitative estimate of drug-likeness (QED) is 0.417. The van der Waals surface area contributed by atoms with Crippen LogP contribution in [0.2, 0.25) is 0 Å². The van der Waals surface area contributed by atoms with Crippen molar-refractivity contribution in [3.05, 3.63) is 48.5 Å². The van der Waals surface area contributed by atoms with E-state index in [0.717, 1.165) is 22.1 Å². The first-order valence-corrected chi connectivity index (χ1v) is 9.30. The zero-order valence-electron chi connectivity index (χ0n) is 15.4. The molecule has 0 N–H and O–H groups in total. The van der Waals surface area contributed by atoms with Gasteiger partial charge >= 0.3 is 0 Å².